The van der Waals surface area contributed by atoms with Crippen LogP contribution >= 0.6 is 0 Å². The molecule has 0 aromatic rings. The summed E-state index contributed by atoms with van der Waals surface area (Å²) >= 11 is 0. The van der Waals surface area contributed by atoms with E-state index >= 15 is 0 Å². The fraction of sp³-hybridized carbons (Fsp3) is 0.818. The van der Waals surface area contributed by atoms with Crippen LogP contribution in [0.4, 0.5) is 0 Å². The van der Waals surface area contributed by atoms with Gasteiger partial charge in [0.2, 0.25) is 0 Å². The van der Waals surface area contributed by atoms with Crippen LogP contribution in [0, 0.1) is 0 Å². The Kier molecular flexibility index (Phi) is 6.09. The van der Waals surface area contributed by atoms with Crippen molar-refractivity contribution in [3.8, 4) is 0 Å². The number of nitrogens with two attached hydrogens (primary N) is 1. The van der Waals surface area contributed by atoms with E-state index in [9.17, 15) is 0 Å². The Morgan fingerprint density at radius 2 is 1.67 bits per heavy atom. The molecule has 0 aromatic carbocycles. The zero-order chi connectivity index (χ0) is 9.45. The quantitative estimate of drug-likeness (QED) is 0.582. The zero-order valence-electron chi connectivity index (χ0n) is 8.60. The van der Waals surface area contributed by atoms with Crippen molar-refractivity contribution in [1.29, 1.82) is 0 Å². The van der Waals surface area contributed by atoms with Crippen molar-refractivity contribution in [2.24, 2.45) is 5.73 Å². The van der Waals surface area contributed by atoms with Crippen LogP contribution < -0.4 is 5.73 Å². The van der Waals surface area contributed by atoms with E-state index in [1.165, 1.54) is 12.8 Å². The number of allylic oxidation sites excluding steroid dienone is 1. The first kappa shape index (κ1) is 11.7. The van der Waals surface area contributed by atoms with E-state index < -0.39 is 0 Å². The first-order chi connectivity index (χ1) is 5.68. The highest BCUT2D eigenvalue weighted by atomic mass is 14.7. The van der Waals surface area contributed by atoms with Gasteiger partial charge in [-0.3, -0.25) is 0 Å². The van der Waals surface area contributed by atoms with Gasteiger partial charge in [0.15, 0.2) is 0 Å². The minimum absolute atomic E-state index is 0.0810. The third kappa shape index (κ3) is 4.55. The van der Waals surface area contributed by atoms with Crippen LogP contribution in [0.25, 0.3) is 0 Å². The topological polar surface area (TPSA) is 26.0 Å². The van der Waals surface area contributed by atoms with Gasteiger partial charge in [-0.15, -0.1) is 6.58 Å². The van der Waals surface area contributed by atoms with E-state index in [2.05, 4.69) is 20.4 Å². The molecular weight excluding hydrogens is 146 g/mol. The summed E-state index contributed by atoms with van der Waals surface area (Å²) in [5.41, 5.74) is 6.34. The van der Waals surface area contributed by atoms with Gasteiger partial charge in [0, 0.05) is 5.54 Å². The van der Waals surface area contributed by atoms with E-state index in [4.69, 9.17) is 5.73 Å². The fourth-order valence-electron chi connectivity index (χ4n) is 1.76. The molecule has 0 heterocycles. The van der Waals surface area contributed by atoms with Gasteiger partial charge < -0.3 is 5.73 Å². The maximum atomic E-state index is 6.26. The molecule has 1 heteroatoms. The van der Waals surface area contributed by atoms with Gasteiger partial charge in [-0.1, -0.05) is 32.8 Å². The minimum Gasteiger partial charge on any atom is -0.325 e. The van der Waals surface area contributed by atoms with E-state index in [1.54, 1.807) is 0 Å². The Bertz CT molecular complexity index is 112. The number of hydrogen-bond acceptors (Lipinski definition) is 1. The SMILES string of the molecule is C=CCCC(N)(CCC)CCC. The summed E-state index contributed by atoms with van der Waals surface area (Å²) in [4.78, 5) is 0. The van der Waals surface area contributed by atoms with E-state index in [0.717, 1.165) is 25.7 Å². The third-order valence-electron chi connectivity index (χ3n) is 2.34. The second-order valence-electron chi connectivity index (χ2n) is 3.69. The summed E-state index contributed by atoms with van der Waals surface area (Å²) in [5.74, 6) is 0. The predicted octanol–water partition coefficient (Wildman–Crippen LogP) is 3.25. The lowest BCUT2D eigenvalue weighted by Gasteiger charge is -2.28. The van der Waals surface area contributed by atoms with E-state index in [-0.39, 0.29) is 5.54 Å². The molecule has 0 radical (unpaired) electrons. The molecule has 0 unspecified atom stereocenters. The summed E-state index contributed by atoms with van der Waals surface area (Å²) in [6.45, 7) is 8.13. The lowest BCUT2D eigenvalue weighted by atomic mass is 9.85. The largest absolute Gasteiger partial charge is 0.325 e. The molecule has 0 aliphatic heterocycles. The molecule has 0 amide bonds. The lowest BCUT2D eigenvalue weighted by molar-refractivity contribution is 0.335. The average molecular weight is 169 g/mol. The highest BCUT2D eigenvalue weighted by Crippen LogP contribution is 2.22. The van der Waals surface area contributed by atoms with Gasteiger partial charge in [-0.25, -0.2) is 0 Å². The normalized spacial score (nSPS) is 11.6. The van der Waals surface area contributed by atoms with Crippen LogP contribution in [0.1, 0.15) is 52.4 Å². The number of rotatable bonds is 7. The van der Waals surface area contributed by atoms with Gasteiger partial charge in [0.05, 0.1) is 0 Å². The molecular formula is C11H23N. The predicted molar refractivity (Wildman–Crippen MR) is 56.2 cm³/mol. The molecule has 0 saturated carbocycles. The van der Waals surface area contributed by atoms with Crippen molar-refractivity contribution < 1.29 is 0 Å². The van der Waals surface area contributed by atoms with Crippen LogP contribution in [0.15, 0.2) is 12.7 Å². The molecule has 12 heavy (non-hydrogen) atoms. The molecule has 0 aliphatic carbocycles. The second kappa shape index (κ2) is 6.24. The Hall–Kier alpha value is -0.300. The molecule has 72 valence electrons. The van der Waals surface area contributed by atoms with Crippen molar-refractivity contribution in [3.05, 3.63) is 12.7 Å². The van der Waals surface area contributed by atoms with E-state index in [1.807, 2.05) is 6.08 Å². The standard InChI is InChI=1S/C11H23N/c1-4-7-10-11(12,8-5-2)9-6-3/h4H,1,5-10,12H2,2-3H3. The third-order valence-corrected chi connectivity index (χ3v) is 2.34. The van der Waals surface area contributed by atoms with Crippen molar-refractivity contribution in [3.63, 3.8) is 0 Å². The molecule has 0 saturated heterocycles. The van der Waals surface area contributed by atoms with Gasteiger partial charge in [0.25, 0.3) is 0 Å². The fourth-order valence-corrected chi connectivity index (χ4v) is 1.76. The highest BCUT2D eigenvalue weighted by molar-refractivity contribution is 4.85. The first-order valence-corrected chi connectivity index (χ1v) is 5.08. The number of hydrogen-bond donors (Lipinski definition) is 1. The molecule has 0 rings (SSSR count). The van der Waals surface area contributed by atoms with Crippen molar-refractivity contribution >= 4 is 0 Å². The summed E-state index contributed by atoms with van der Waals surface area (Å²) in [6.07, 6.45) is 8.78. The van der Waals surface area contributed by atoms with Crippen LogP contribution in [0.2, 0.25) is 0 Å². The van der Waals surface area contributed by atoms with Gasteiger partial charge >= 0.3 is 0 Å². The van der Waals surface area contributed by atoms with Crippen LogP contribution in [0.3, 0.4) is 0 Å². The zero-order valence-corrected chi connectivity index (χ0v) is 8.60. The molecule has 0 bridgehead atoms. The van der Waals surface area contributed by atoms with Crippen LogP contribution in [-0.4, -0.2) is 5.54 Å². The van der Waals surface area contributed by atoms with Crippen molar-refractivity contribution in [2.75, 3.05) is 0 Å². The Balaban J connectivity index is 3.88. The molecule has 0 aromatic heterocycles. The molecule has 1 nitrogen and oxygen atoms in total. The average Bonchev–Trinajstić information content (AvgIpc) is 2.02. The summed E-state index contributed by atoms with van der Waals surface area (Å²) in [7, 11) is 0. The summed E-state index contributed by atoms with van der Waals surface area (Å²) in [6, 6.07) is 0. The van der Waals surface area contributed by atoms with Crippen molar-refractivity contribution in [1.82, 2.24) is 0 Å². The Morgan fingerprint density at radius 1 is 1.17 bits per heavy atom. The highest BCUT2D eigenvalue weighted by Gasteiger charge is 2.21. The molecule has 0 aliphatic rings. The maximum Gasteiger partial charge on any atom is 0.0157 e. The minimum atomic E-state index is 0.0810. The molecule has 0 spiro atoms. The van der Waals surface area contributed by atoms with Crippen LogP contribution in [0.5, 0.6) is 0 Å². The summed E-state index contributed by atoms with van der Waals surface area (Å²) < 4.78 is 0. The van der Waals surface area contributed by atoms with Gasteiger partial charge in [-0.05, 0) is 25.7 Å². The van der Waals surface area contributed by atoms with Crippen molar-refractivity contribution in [2.45, 2.75) is 57.9 Å². The van der Waals surface area contributed by atoms with Gasteiger partial charge in [0.1, 0.15) is 0 Å². The smallest absolute Gasteiger partial charge is 0.0157 e. The van der Waals surface area contributed by atoms with Crippen LogP contribution in [-0.2, 0) is 0 Å². The molecule has 0 fully saturated rings. The second-order valence-corrected chi connectivity index (χ2v) is 3.69. The first-order valence-electron chi connectivity index (χ1n) is 5.08. The molecule has 2 N–H and O–H groups in total. The lowest BCUT2D eigenvalue weighted by Crippen LogP contribution is -2.39. The molecule has 0 atom stereocenters. The van der Waals surface area contributed by atoms with E-state index in [0.29, 0.717) is 0 Å². The maximum absolute atomic E-state index is 6.26. The van der Waals surface area contributed by atoms with Gasteiger partial charge in [-0.2, -0.15) is 0 Å². The monoisotopic (exact) mass is 169 g/mol. The summed E-state index contributed by atoms with van der Waals surface area (Å²) in [5, 5.41) is 0. The Labute approximate surface area is 77.0 Å². The Morgan fingerprint density at radius 3 is 2.00 bits per heavy atom.